The lowest BCUT2D eigenvalue weighted by atomic mass is 10.1. The number of rotatable bonds is 4. The van der Waals surface area contributed by atoms with E-state index in [0.717, 1.165) is 12.1 Å². The molecule has 1 aromatic carbocycles. The number of benzene rings is 1. The molecule has 90 valence electrons. The van der Waals surface area contributed by atoms with Crippen LogP contribution in [0.2, 0.25) is 0 Å². The summed E-state index contributed by atoms with van der Waals surface area (Å²) in [6, 6.07) is 2.87. The van der Waals surface area contributed by atoms with Crippen LogP contribution >= 0.6 is 0 Å². The molecule has 2 nitrogen and oxygen atoms in total. The molecule has 0 bridgehead atoms. The molecule has 1 rings (SSSR count). The molecule has 0 aliphatic carbocycles. The predicted molar refractivity (Wildman–Crippen MR) is 61.4 cm³/mol. The lowest BCUT2D eigenvalue weighted by Gasteiger charge is -2.14. The summed E-state index contributed by atoms with van der Waals surface area (Å²) in [5.41, 5.74) is 0.0828. The predicted octanol–water partition coefficient (Wildman–Crippen LogP) is 2.50. The molecular formula is C13H13F2NO. The first kappa shape index (κ1) is 13.2. The van der Waals surface area contributed by atoms with Crippen LogP contribution in [0.15, 0.2) is 18.2 Å². The van der Waals surface area contributed by atoms with Crippen molar-refractivity contribution < 1.29 is 13.6 Å². The third kappa shape index (κ3) is 3.56. The molecule has 0 spiro atoms. The molecule has 1 N–H and O–H groups in total. The molecule has 1 atom stereocenters. The quantitative estimate of drug-likeness (QED) is 0.801. The summed E-state index contributed by atoms with van der Waals surface area (Å²) in [6.07, 6.45) is 6.24. The summed E-state index contributed by atoms with van der Waals surface area (Å²) in [5.74, 6) is -0.0196. The molecule has 1 aromatic rings. The van der Waals surface area contributed by atoms with Crippen molar-refractivity contribution in [3.63, 3.8) is 0 Å². The number of terminal acetylenes is 1. The molecule has 0 aromatic heterocycles. The number of carbonyl (C=O) groups excluding carboxylic acids is 1. The second kappa shape index (κ2) is 6.00. The molecule has 0 aliphatic rings. The summed E-state index contributed by atoms with van der Waals surface area (Å²) < 4.78 is 25.6. The van der Waals surface area contributed by atoms with Crippen LogP contribution in [0.3, 0.4) is 0 Å². The Hall–Kier alpha value is -1.89. The molecule has 1 unspecified atom stereocenters. The van der Waals surface area contributed by atoms with Gasteiger partial charge in [0, 0.05) is 18.0 Å². The monoisotopic (exact) mass is 237 g/mol. The van der Waals surface area contributed by atoms with Crippen LogP contribution in [0.1, 0.15) is 30.1 Å². The first-order valence-electron chi connectivity index (χ1n) is 5.27. The maximum absolute atomic E-state index is 12.9. The average molecular weight is 237 g/mol. The van der Waals surface area contributed by atoms with Gasteiger partial charge in [-0.3, -0.25) is 4.79 Å². The minimum atomic E-state index is -1.04. The standard InChI is InChI=1S/C13H13F2NO/c1-3-5-10(4-2)16-13(17)9-6-7-11(14)12(15)8-9/h1,6-8,10H,4-5H2,2H3,(H,16,17). The molecular weight excluding hydrogens is 224 g/mol. The van der Waals surface area contributed by atoms with Crippen molar-refractivity contribution in [1.82, 2.24) is 5.32 Å². The van der Waals surface area contributed by atoms with Gasteiger partial charge in [0.25, 0.3) is 5.91 Å². The van der Waals surface area contributed by atoms with Crippen LogP contribution in [0.4, 0.5) is 8.78 Å². The first-order chi connectivity index (χ1) is 8.08. The molecule has 4 heteroatoms. The van der Waals surface area contributed by atoms with Crippen molar-refractivity contribution in [2.24, 2.45) is 0 Å². The van der Waals surface area contributed by atoms with Gasteiger partial charge in [0.2, 0.25) is 0 Å². The van der Waals surface area contributed by atoms with E-state index in [-0.39, 0.29) is 11.6 Å². The van der Waals surface area contributed by atoms with Crippen molar-refractivity contribution in [3.05, 3.63) is 35.4 Å². The number of amides is 1. The van der Waals surface area contributed by atoms with Gasteiger partial charge in [0.05, 0.1) is 0 Å². The molecule has 0 saturated heterocycles. The van der Waals surface area contributed by atoms with E-state index >= 15 is 0 Å². The van der Waals surface area contributed by atoms with E-state index in [1.165, 1.54) is 6.07 Å². The SMILES string of the molecule is C#CCC(CC)NC(=O)c1ccc(F)c(F)c1. The zero-order valence-corrected chi connectivity index (χ0v) is 9.47. The van der Waals surface area contributed by atoms with E-state index in [4.69, 9.17) is 6.42 Å². The fourth-order valence-corrected chi connectivity index (χ4v) is 1.35. The fourth-order valence-electron chi connectivity index (χ4n) is 1.35. The Balaban J connectivity index is 2.76. The van der Waals surface area contributed by atoms with Gasteiger partial charge in [-0.05, 0) is 24.6 Å². The highest BCUT2D eigenvalue weighted by Gasteiger charge is 2.13. The first-order valence-corrected chi connectivity index (χ1v) is 5.27. The normalized spacial score (nSPS) is 11.6. The van der Waals surface area contributed by atoms with E-state index < -0.39 is 17.5 Å². The summed E-state index contributed by atoms with van der Waals surface area (Å²) >= 11 is 0. The van der Waals surface area contributed by atoms with Crippen molar-refractivity contribution in [3.8, 4) is 12.3 Å². The van der Waals surface area contributed by atoms with Crippen LogP contribution in [-0.2, 0) is 0 Å². The van der Waals surface area contributed by atoms with Crippen LogP contribution in [-0.4, -0.2) is 11.9 Å². The second-order valence-corrected chi connectivity index (χ2v) is 3.62. The molecule has 0 radical (unpaired) electrons. The third-order valence-corrected chi connectivity index (χ3v) is 2.37. The maximum atomic E-state index is 12.9. The highest BCUT2D eigenvalue weighted by atomic mass is 19.2. The van der Waals surface area contributed by atoms with E-state index in [1.54, 1.807) is 0 Å². The Morgan fingerprint density at radius 2 is 2.18 bits per heavy atom. The smallest absolute Gasteiger partial charge is 0.251 e. The van der Waals surface area contributed by atoms with Gasteiger partial charge < -0.3 is 5.32 Å². The summed E-state index contributed by atoms with van der Waals surface area (Å²) in [7, 11) is 0. The highest BCUT2D eigenvalue weighted by Crippen LogP contribution is 2.09. The summed E-state index contributed by atoms with van der Waals surface area (Å²) in [6.45, 7) is 1.88. The number of nitrogens with one attached hydrogen (secondary N) is 1. The molecule has 0 heterocycles. The van der Waals surface area contributed by atoms with Crippen LogP contribution in [0, 0.1) is 24.0 Å². The number of carbonyl (C=O) groups is 1. The highest BCUT2D eigenvalue weighted by molar-refractivity contribution is 5.94. The van der Waals surface area contributed by atoms with Crippen LogP contribution < -0.4 is 5.32 Å². The number of hydrogen-bond acceptors (Lipinski definition) is 1. The lowest BCUT2D eigenvalue weighted by molar-refractivity contribution is 0.0936. The Morgan fingerprint density at radius 3 is 2.71 bits per heavy atom. The van der Waals surface area contributed by atoms with E-state index in [2.05, 4.69) is 11.2 Å². The zero-order valence-electron chi connectivity index (χ0n) is 9.47. The van der Waals surface area contributed by atoms with Crippen LogP contribution in [0.25, 0.3) is 0 Å². The van der Waals surface area contributed by atoms with Crippen molar-refractivity contribution in [1.29, 1.82) is 0 Å². The largest absolute Gasteiger partial charge is 0.348 e. The maximum Gasteiger partial charge on any atom is 0.251 e. The van der Waals surface area contributed by atoms with Crippen molar-refractivity contribution in [2.75, 3.05) is 0 Å². The minimum Gasteiger partial charge on any atom is -0.348 e. The van der Waals surface area contributed by atoms with Gasteiger partial charge in [-0.1, -0.05) is 6.92 Å². The van der Waals surface area contributed by atoms with E-state index in [1.807, 2.05) is 6.92 Å². The molecule has 0 aliphatic heterocycles. The van der Waals surface area contributed by atoms with Gasteiger partial charge in [-0.25, -0.2) is 8.78 Å². The van der Waals surface area contributed by atoms with Gasteiger partial charge in [-0.15, -0.1) is 12.3 Å². The minimum absolute atomic E-state index is 0.0828. The van der Waals surface area contributed by atoms with Gasteiger partial charge in [0.1, 0.15) is 0 Å². The Kier molecular flexibility index (Phi) is 4.65. The molecule has 0 saturated carbocycles. The molecule has 17 heavy (non-hydrogen) atoms. The Labute approximate surface area is 99.0 Å². The van der Waals surface area contributed by atoms with Gasteiger partial charge in [-0.2, -0.15) is 0 Å². The molecule has 1 amide bonds. The van der Waals surface area contributed by atoms with Crippen molar-refractivity contribution in [2.45, 2.75) is 25.8 Å². The third-order valence-electron chi connectivity index (χ3n) is 2.37. The number of hydrogen-bond donors (Lipinski definition) is 1. The Morgan fingerprint density at radius 1 is 1.47 bits per heavy atom. The van der Waals surface area contributed by atoms with E-state index in [9.17, 15) is 13.6 Å². The zero-order chi connectivity index (χ0) is 12.8. The van der Waals surface area contributed by atoms with Crippen LogP contribution in [0.5, 0.6) is 0 Å². The second-order valence-electron chi connectivity index (χ2n) is 3.62. The van der Waals surface area contributed by atoms with Crippen molar-refractivity contribution >= 4 is 5.91 Å². The summed E-state index contributed by atoms with van der Waals surface area (Å²) in [5, 5.41) is 2.66. The number of halogens is 2. The van der Waals surface area contributed by atoms with Gasteiger partial charge in [0.15, 0.2) is 11.6 Å². The Bertz CT molecular complexity index is 451. The fraction of sp³-hybridized carbons (Fsp3) is 0.308. The topological polar surface area (TPSA) is 29.1 Å². The molecule has 0 fully saturated rings. The summed E-state index contributed by atoms with van der Waals surface area (Å²) in [4.78, 5) is 11.7. The van der Waals surface area contributed by atoms with Gasteiger partial charge >= 0.3 is 0 Å². The average Bonchev–Trinajstić information content (AvgIpc) is 2.31. The van der Waals surface area contributed by atoms with E-state index in [0.29, 0.717) is 12.8 Å². The lowest BCUT2D eigenvalue weighted by Crippen LogP contribution is -2.34.